The van der Waals surface area contributed by atoms with E-state index in [2.05, 4.69) is 0 Å². The minimum atomic E-state index is -1.14. The van der Waals surface area contributed by atoms with Crippen LogP contribution in [0.25, 0.3) is 0 Å². The van der Waals surface area contributed by atoms with Crippen molar-refractivity contribution in [3.05, 3.63) is 34.4 Å². The highest BCUT2D eigenvalue weighted by molar-refractivity contribution is 6.33. The van der Waals surface area contributed by atoms with Crippen molar-refractivity contribution in [3.63, 3.8) is 0 Å². The fourth-order valence-electron chi connectivity index (χ4n) is 2.46. The Labute approximate surface area is 125 Å². The predicted octanol–water partition coefficient (Wildman–Crippen LogP) is 2.34. The number of likely N-dealkylation sites (tertiary alicyclic amines) is 1. The van der Waals surface area contributed by atoms with Crippen molar-refractivity contribution in [2.75, 3.05) is 6.54 Å². The molecule has 2 atom stereocenters. The average molecular weight is 317 g/mol. The third kappa shape index (κ3) is 3.15. The Morgan fingerprint density at radius 2 is 1.90 bits per heavy atom. The van der Waals surface area contributed by atoms with Crippen molar-refractivity contribution >= 4 is 23.4 Å². The monoisotopic (exact) mass is 316 g/mol. The lowest BCUT2D eigenvalue weighted by Gasteiger charge is -2.37. The predicted molar refractivity (Wildman–Crippen MR) is 73.8 cm³/mol. The summed E-state index contributed by atoms with van der Waals surface area (Å²) in [7, 11) is 0. The molecule has 1 aliphatic heterocycles. The Morgan fingerprint density at radius 3 is 2.52 bits per heavy atom. The van der Waals surface area contributed by atoms with Crippen molar-refractivity contribution in [1.82, 2.24) is 4.90 Å². The van der Waals surface area contributed by atoms with Crippen LogP contribution in [0, 0.1) is 17.6 Å². The second kappa shape index (κ2) is 5.97. The zero-order valence-corrected chi connectivity index (χ0v) is 12.2. The van der Waals surface area contributed by atoms with Crippen LogP contribution in [0.2, 0.25) is 5.02 Å². The summed E-state index contributed by atoms with van der Waals surface area (Å²) in [6, 6.07) is 1.42. The standard InChI is InChI=1S/C14H15ClF2N2O2/c1-7-2-3-8(13(18)20)6-19(7)14(21)9-4-11(16)12(17)5-10(9)15/h4-5,7-8H,2-3,6H2,1H3,(H2,18,20). The van der Waals surface area contributed by atoms with E-state index in [0.717, 1.165) is 12.1 Å². The molecule has 1 aromatic rings. The first kappa shape index (κ1) is 15.7. The van der Waals surface area contributed by atoms with Gasteiger partial charge in [0.05, 0.1) is 16.5 Å². The van der Waals surface area contributed by atoms with Crippen LogP contribution in [0.15, 0.2) is 12.1 Å². The van der Waals surface area contributed by atoms with Gasteiger partial charge in [0, 0.05) is 12.6 Å². The maximum atomic E-state index is 13.3. The molecule has 0 aliphatic carbocycles. The highest BCUT2D eigenvalue weighted by atomic mass is 35.5. The molecule has 1 saturated heterocycles. The van der Waals surface area contributed by atoms with E-state index < -0.39 is 29.4 Å². The van der Waals surface area contributed by atoms with Gasteiger partial charge in [-0.2, -0.15) is 0 Å². The highest BCUT2D eigenvalue weighted by Crippen LogP contribution is 2.27. The van der Waals surface area contributed by atoms with Crippen molar-refractivity contribution in [1.29, 1.82) is 0 Å². The number of benzene rings is 1. The van der Waals surface area contributed by atoms with E-state index in [4.69, 9.17) is 17.3 Å². The van der Waals surface area contributed by atoms with Crippen LogP contribution >= 0.6 is 11.6 Å². The molecule has 0 saturated carbocycles. The summed E-state index contributed by atoms with van der Waals surface area (Å²) in [6.45, 7) is 1.98. The number of carbonyl (C=O) groups is 2. The number of hydrogen-bond donors (Lipinski definition) is 1. The van der Waals surface area contributed by atoms with Gasteiger partial charge in [-0.25, -0.2) is 8.78 Å². The Balaban J connectivity index is 2.30. The summed E-state index contributed by atoms with van der Waals surface area (Å²) in [4.78, 5) is 25.2. The molecule has 4 nitrogen and oxygen atoms in total. The fourth-order valence-corrected chi connectivity index (χ4v) is 2.69. The molecule has 114 valence electrons. The number of primary amides is 1. The van der Waals surface area contributed by atoms with Gasteiger partial charge in [0.15, 0.2) is 11.6 Å². The molecule has 1 aromatic carbocycles. The molecule has 21 heavy (non-hydrogen) atoms. The topological polar surface area (TPSA) is 63.4 Å². The largest absolute Gasteiger partial charge is 0.369 e. The smallest absolute Gasteiger partial charge is 0.255 e. The van der Waals surface area contributed by atoms with Gasteiger partial charge in [-0.15, -0.1) is 0 Å². The van der Waals surface area contributed by atoms with Gasteiger partial charge < -0.3 is 10.6 Å². The van der Waals surface area contributed by atoms with E-state index in [0.29, 0.717) is 12.8 Å². The average Bonchev–Trinajstić information content (AvgIpc) is 2.42. The second-order valence-corrected chi connectivity index (χ2v) is 5.64. The van der Waals surface area contributed by atoms with Gasteiger partial charge >= 0.3 is 0 Å². The first-order valence-electron chi connectivity index (χ1n) is 6.56. The first-order chi connectivity index (χ1) is 9.81. The van der Waals surface area contributed by atoms with Crippen LogP contribution < -0.4 is 5.73 Å². The molecule has 2 unspecified atom stereocenters. The number of piperidine rings is 1. The third-order valence-corrected chi connectivity index (χ3v) is 4.10. The summed E-state index contributed by atoms with van der Waals surface area (Å²) < 4.78 is 26.4. The van der Waals surface area contributed by atoms with Crippen molar-refractivity contribution in [3.8, 4) is 0 Å². The Bertz CT molecular complexity index is 595. The lowest BCUT2D eigenvalue weighted by molar-refractivity contribution is -0.123. The van der Waals surface area contributed by atoms with Crippen LogP contribution in [0.4, 0.5) is 8.78 Å². The number of nitrogens with two attached hydrogens (primary N) is 1. The molecule has 0 aromatic heterocycles. The quantitative estimate of drug-likeness (QED) is 0.851. The fraction of sp³-hybridized carbons (Fsp3) is 0.429. The minimum absolute atomic E-state index is 0.118. The number of amides is 2. The second-order valence-electron chi connectivity index (χ2n) is 5.23. The summed E-state index contributed by atoms with van der Waals surface area (Å²) in [5, 5.41) is -0.160. The normalized spacial score (nSPS) is 22.2. The van der Waals surface area contributed by atoms with E-state index in [9.17, 15) is 18.4 Å². The zero-order chi connectivity index (χ0) is 15.7. The number of nitrogens with zero attached hydrogens (tertiary/aromatic N) is 1. The highest BCUT2D eigenvalue weighted by Gasteiger charge is 2.33. The molecule has 1 heterocycles. The molecule has 1 fully saturated rings. The van der Waals surface area contributed by atoms with Crippen LogP contribution in [-0.4, -0.2) is 29.3 Å². The molecular weight excluding hydrogens is 302 g/mol. The SMILES string of the molecule is CC1CCC(C(N)=O)CN1C(=O)c1cc(F)c(F)cc1Cl. The van der Waals surface area contributed by atoms with E-state index >= 15 is 0 Å². The molecule has 2 N–H and O–H groups in total. The van der Waals surface area contributed by atoms with Crippen molar-refractivity contribution < 1.29 is 18.4 Å². The minimum Gasteiger partial charge on any atom is -0.369 e. The zero-order valence-electron chi connectivity index (χ0n) is 11.4. The number of hydrogen-bond acceptors (Lipinski definition) is 2. The molecule has 0 radical (unpaired) electrons. The van der Waals surface area contributed by atoms with Gasteiger partial charge in [-0.1, -0.05) is 11.6 Å². The number of rotatable bonds is 2. The van der Waals surface area contributed by atoms with Crippen LogP contribution in [-0.2, 0) is 4.79 Å². The summed E-state index contributed by atoms with van der Waals surface area (Å²) >= 11 is 5.82. The molecule has 1 aliphatic rings. The lowest BCUT2D eigenvalue weighted by atomic mass is 9.92. The molecule has 2 amide bonds. The summed E-state index contributed by atoms with van der Waals surface area (Å²) in [5.74, 6) is -3.69. The molecule has 2 rings (SSSR count). The van der Waals surface area contributed by atoms with Gasteiger partial charge in [0.2, 0.25) is 5.91 Å². The van der Waals surface area contributed by atoms with Gasteiger partial charge in [0.1, 0.15) is 0 Å². The third-order valence-electron chi connectivity index (χ3n) is 3.79. The Hall–Kier alpha value is -1.69. The summed E-state index contributed by atoms with van der Waals surface area (Å²) in [6.07, 6.45) is 1.21. The van der Waals surface area contributed by atoms with E-state index in [1.165, 1.54) is 4.90 Å². The first-order valence-corrected chi connectivity index (χ1v) is 6.94. The Kier molecular flexibility index (Phi) is 4.46. The van der Waals surface area contributed by atoms with E-state index in [-0.39, 0.29) is 23.2 Å². The lowest BCUT2D eigenvalue weighted by Crippen LogP contribution is -2.48. The maximum absolute atomic E-state index is 13.3. The molecule has 7 heteroatoms. The number of carbonyl (C=O) groups excluding carboxylic acids is 2. The van der Waals surface area contributed by atoms with Crippen LogP contribution in [0.1, 0.15) is 30.1 Å². The van der Waals surface area contributed by atoms with Gasteiger partial charge in [-0.05, 0) is 31.9 Å². The van der Waals surface area contributed by atoms with Crippen LogP contribution in [0.3, 0.4) is 0 Å². The maximum Gasteiger partial charge on any atom is 0.255 e. The number of halogens is 3. The van der Waals surface area contributed by atoms with Gasteiger partial charge in [0.25, 0.3) is 5.91 Å². The Morgan fingerprint density at radius 1 is 1.29 bits per heavy atom. The van der Waals surface area contributed by atoms with Crippen molar-refractivity contribution in [2.24, 2.45) is 11.7 Å². The van der Waals surface area contributed by atoms with Crippen molar-refractivity contribution in [2.45, 2.75) is 25.8 Å². The summed E-state index contributed by atoms with van der Waals surface area (Å²) in [5.41, 5.74) is 5.16. The molecule has 0 bridgehead atoms. The van der Waals surface area contributed by atoms with Gasteiger partial charge in [-0.3, -0.25) is 9.59 Å². The van der Waals surface area contributed by atoms with E-state index in [1.807, 2.05) is 6.92 Å². The molecule has 0 spiro atoms. The molecular formula is C14H15ClF2N2O2. The van der Waals surface area contributed by atoms with Crippen LogP contribution in [0.5, 0.6) is 0 Å². The van der Waals surface area contributed by atoms with E-state index in [1.54, 1.807) is 0 Å².